The van der Waals surface area contributed by atoms with Crippen LogP contribution in [0.2, 0.25) is 0 Å². The molecule has 310 valence electrons. The zero-order chi connectivity index (χ0) is 45.7. The largest absolute Gasteiger partial charge is 0.378 e. The van der Waals surface area contributed by atoms with Crippen LogP contribution in [0.4, 0.5) is 55.3 Å². The molecule has 0 spiro atoms. The van der Waals surface area contributed by atoms with Crippen molar-refractivity contribution in [1.29, 1.82) is 21.0 Å². The summed E-state index contributed by atoms with van der Waals surface area (Å²) in [4.78, 5) is 3.38. The van der Waals surface area contributed by atoms with E-state index in [4.69, 9.17) is 0 Å². The molecule has 0 heterocycles. The van der Waals surface area contributed by atoms with Crippen molar-refractivity contribution in [3.05, 3.63) is 188 Å². The van der Waals surface area contributed by atoms with Gasteiger partial charge in [-0.05, 0) is 69.8 Å². The SMILES string of the molecule is CN(C)c1ccc(C(/C=C(\c2ccc(/C(=C\C(=C(C#N)C#N)c3ccc(N(C)C)cc3)c3c(F)c(F)c(F)c(F)c3F)cc2)c2c(F)c(F)c(F)c(F)c2F)=C(C#N)C#N)cc1. The molecule has 0 radical (unpaired) electrons. The van der Waals surface area contributed by atoms with Crippen molar-refractivity contribution >= 4 is 33.7 Å². The predicted molar refractivity (Wildman–Crippen MR) is 211 cm³/mol. The molecule has 0 saturated heterocycles. The van der Waals surface area contributed by atoms with Crippen molar-refractivity contribution < 1.29 is 43.9 Å². The Bertz CT molecular complexity index is 2630. The first kappa shape index (κ1) is 45.0. The number of nitriles is 4. The summed E-state index contributed by atoms with van der Waals surface area (Å²) in [5, 5.41) is 39.5. The van der Waals surface area contributed by atoms with Gasteiger partial charge in [-0.25, -0.2) is 43.9 Å². The number of hydrogen-bond donors (Lipinski definition) is 0. The van der Waals surface area contributed by atoms with E-state index in [1.165, 1.54) is 24.3 Å². The highest BCUT2D eigenvalue weighted by Crippen LogP contribution is 2.39. The molecule has 0 N–H and O–H groups in total. The minimum atomic E-state index is -2.50. The minimum Gasteiger partial charge on any atom is -0.378 e. The van der Waals surface area contributed by atoms with Crippen molar-refractivity contribution in [2.24, 2.45) is 0 Å². The molecule has 0 bridgehead atoms. The fraction of sp³-hybridized carbons (Fsp3) is 0.0870. The summed E-state index contributed by atoms with van der Waals surface area (Å²) in [6, 6.07) is 22.0. The van der Waals surface area contributed by atoms with Gasteiger partial charge in [0.25, 0.3) is 0 Å². The molecule has 5 rings (SSSR count). The predicted octanol–water partition coefficient (Wildman–Crippen LogP) is 11.1. The maximum atomic E-state index is 15.7. The molecule has 0 amide bonds. The molecule has 0 aliphatic rings. The Morgan fingerprint density at radius 1 is 0.371 bits per heavy atom. The topological polar surface area (TPSA) is 102 Å². The van der Waals surface area contributed by atoms with Crippen LogP contribution in [-0.2, 0) is 0 Å². The lowest BCUT2D eigenvalue weighted by Crippen LogP contribution is -2.09. The maximum absolute atomic E-state index is 15.7. The lowest BCUT2D eigenvalue weighted by atomic mass is 9.88. The summed E-state index contributed by atoms with van der Waals surface area (Å²) in [6.45, 7) is 0. The number of benzene rings is 5. The Hall–Kier alpha value is -8.08. The van der Waals surface area contributed by atoms with E-state index in [-0.39, 0.29) is 22.3 Å². The molecule has 5 aromatic carbocycles. The van der Waals surface area contributed by atoms with E-state index in [1.807, 2.05) is 0 Å². The summed E-state index contributed by atoms with van der Waals surface area (Å²) in [5.41, 5.74) is -6.16. The Kier molecular flexibility index (Phi) is 13.4. The number of rotatable bonds is 10. The van der Waals surface area contributed by atoms with Crippen molar-refractivity contribution in [2.75, 3.05) is 38.0 Å². The van der Waals surface area contributed by atoms with Gasteiger partial charge in [0, 0.05) is 50.7 Å². The average molecular weight is 853 g/mol. The van der Waals surface area contributed by atoms with Crippen LogP contribution in [0.5, 0.6) is 0 Å². The quantitative estimate of drug-likeness (QED) is 0.0456. The normalized spacial score (nSPS) is 11.2. The van der Waals surface area contributed by atoms with Gasteiger partial charge in [-0.2, -0.15) is 21.0 Å². The van der Waals surface area contributed by atoms with Crippen LogP contribution < -0.4 is 9.80 Å². The lowest BCUT2D eigenvalue weighted by Gasteiger charge is -2.17. The first-order chi connectivity index (χ1) is 29.4. The number of allylic oxidation sites excluding steroid dienone is 6. The minimum absolute atomic E-state index is 0.0759. The van der Waals surface area contributed by atoms with Gasteiger partial charge in [-0.15, -0.1) is 0 Å². The number of anilines is 2. The van der Waals surface area contributed by atoms with E-state index in [9.17, 15) is 47.4 Å². The Morgan fingerprint density at radius 3 is 0.823 bits per heavy atom. The zero-order valence-electron chi connectivity index (χ0n) is 32.5. The molecule has 62 heavy (non-hydrogen) atoms. The highest BCUT2D eigenvalue weighted by Gasteiger charge is 2.31. The second kappa shape index (κ2) is 18.5. The molecular formula is C46H26F10N6. The summed E-state index contributed by atoms with van der Waals surface area (Å²) in [7, 11) is 6.80. The van der Waals surface area contributed by atoms with Crippen LogP contribution in [0.15, 0.2) is 96.1 Å². The summed E-state index contributed by atoms with van der Waals surface area (Å²) >= 11 is 0. The molecule has 0 fully saturated rings. The molecule has 0 aliphatic carbocycles. The summed E-state index contributed by atoms with van der Waals surface area (Å²) < 4.78 is 151. The van der Waals surface area contributed by atoms with Gasteiger partial charge in [0.2, 0.25) is 11.6 Å². The fourth-order valence-corrected chi connectivity index (χ4v) is 6.17. The highest BCUT2D eigenvalue weighted by atomic mass is 19.2. The maximum Gasteiger partial charge on any atom is 0.200 e. The second-order valence-corrected chi connectivity index (χ2v) is 13.5. The Labute approximate surface area is 347 Å². The van der Waals surface area contributed by atoms with Gasteiger partial charge in [0.05, 0.1) is 11.1 Å². The third-order valence-electron chi connectivity index (χ3n) is 9.42. The van der Waals surface area contributed by atoms with E-state index in [1.54, 1.807) is 86.5 Å². The molecule has 0 aromatic heterocycles. The molecule has 6 nitrogen and oxygen atoms in total. The highest BCUT2D eigenvalue weighted by molar-refractivity contribution is 5.96. The first-order valence-corrected chi connectivity index (χ1v) is 17.6. The van der Waals surface area contributed by atoms with Crippen LogP contribution in [0.1, 0.15) is 33.4 Å². The lowest BCUT2D eigenvalue weighted by molar-refractivity contribution is 0.376. The van der Waals surface area contributed by atoms with Gasteiger partial charge >= 0.3 is 0 Å². The van der Waals surface area contributed by atoms with Gasteiger partial charge in [-0.3, -0.25) is 0 Å². The molecule has 0 atom stereocenters. The number of hydrogen-bond acceptors (Lipinski definition) is 6. The molecule has 0 aliphatic heterocycles. The van der Waals surface area contributed by atoms with E-state index in [0.29, 0.717) is 11.4 Å². The monoisotopic (exact) mass is 852 g/mol. The average Bonchev–Trinajstić information content (AvgIpc) is 3.28. The summed E-state index contributed by atoms with van der Waals surface area (Å²) in [5.74, 6) is -23.7. The van der Waals surface area contributed by atoms with Gasteiger partial charge in [0.15, 0.2) is 46.5 Å². The van der Waals surface area contributed by atoms with Crippen molar-refractivity contribution in [3.8, 4) is 24.3 Å². The number of halogens is 10. The van der Waals surface area contributed by atoms with Crippen LogP contribution in [0.3, 0.4) is 0 Å². The molecule has 16 heteroatoms. The van der Waals surface area contributed by atoms with Crippen molar-refractivity contribution in [1.82, 2.24) is 0 Å². The third-order valence-corrected chi connectivity index (χ3v) is 9.42. The van der Waals surface area contributed by atoms with E-state index in [0.717, 1.165) is 36.4 Å². The first-order valence-electron chi connectivity index (χ1n) is 17.6. The molecule has 0 unspecified atom stereocenters. The smallest absolute Gasteiger partial charge is 0.200 e. The second-order valence-electron chi connectivity index (χ2n) is 13.5. The molecule has 0 saturated carbocycles. The van der Waals surface area contributed by atoms with E-state index >= 15 is 17.6 Å². The van der Waals surface area contributed by atoms with E-state index < -0.39 is 103 Å². The standard InChI is InChI=1S/C46H26F10N6/c1-61(2)29-13-9-23(10-14-29)31(27(19-57)20-58)17-33(35-37(47)41(51)45(55)42(52)38(35)48)25-5-7-26(8-6-25)34(36-39(49)43(53)46(56)44(54)40(36)50)18-32(28(21-59)22-60)24-11-15-30(16-12-24)62(3)4/h5-18H,1-4H3/b33-17+,34-18+. The van der Waals surface area contributed by atoms with Crippen molar-refractivity contribution in [3.63, 3.8) is 0 Å². The van der Waals surface area contributed by atoms with E-state index in [2.05, 4.69) is 0 Å². The Balaban J connectivity index is 1.89. The third kappa shape index (κ3) is 8.49. The van der Waals surface area contributed by atoms with Crippen molar-refractivity contribution in [2.45, 2.75) is 0 Å². The van der Waals surface area contributed by atoms with Crippen LogP contribution in [0.25, 0.3) is 22.3 Å². The summed E-state index contributed by atoms with van der Waals surface area (Å²) in [6.07, 6.45) is 1.62. The van der Waals surface area contributed by atoms with Crippen LogP contribution in [-0.4, -0.2) is 28.2 Å². The van der Waals surface area contributed by atoms with Gasteiger partial charge in [-0.1, -0.05) is 48.5 Å². The number of nitrogens with zero attached hydrogens (tertiary/aromatic N) is 6. The molecular weight excluding hydrogens is 827 g/mol. The Morgan fingerprint density at radius 2 is 0.597 bits per heavy atom. The fourth-order valence-electron chi connectivity index (χ4n) is 6.17. The van der Waals surface area contributed by atoms with Gasteiger partial charge < -0.3 is 9.80 Å². The zero-order valence-corrected chi connectivity index (χ0v) is 32.5. The molecule has 5 aromatic rings. The van der Waals surface area contributed by atoms with Crippen LogP contribution >= 0.6 is 0 Å². The van der Waals surface area contributed by atoms with Gasteiger partial charge in [0.1, 0.15) is 35.4 Å². The van der Waals surface area contributed by atoms with Crippen LogP contribution in [0, 0.1) is 103 Å².